The fourth-order valence-corrected chi connectivity index (χ4v) is 2.58. The average molecular weight is 246 g/mol. The molecule has 3 nitrogen and oxygen atoms in total. The van der Waals surface area contributed by atoms with E-state index in [0.29, 0.717) is 6.54 Å². The normalized spacial score (nSPS) is 13.2. The van der Waals surface area contributed by atoms with Gasteiger partial charge >= 0.3 is 0 Å². The van der Waals surface area contributed by atoms with Crippen molar-refractivity contribution < 1.29 is 5.11 Å². The molecule has 0 aliphatic heterocycles. The summed E-state index contributed by atoms with van der Waals surface area (Å²) in [4.78, 5) is 0. The number of hydrogen-bond acceptors (Lipinski definition) is 2. The van der Waals surface area contributed by atoms with Gasteiger partial charge in [0.15, 0.2) is 0 Å². The fourth-order valence-electron chi connectivity index (χ4n) is 2.58. The molecule has 1 atom stereocenters. The van der Waals surface area contributed by atoms with Gasteiger partial charge in [0.2, 0.25) is 0 Å². The molecule has 1 aromatic heterocycles. The van der Waals surface area contributed by atoms with Crippen molar-refractivity contribution in [2.75, 3.05) is 6.54 Å². The summed E-state index contributed by atoms with van der Waals surface area (Å²) in [5.41, 5.74) is 10.3. The molecule has 18 heavy (non-hydrogen) atoms. The lowest BCUT2D eigenvalue weighted by molar-refractivity contribution is 0.200. The third-order valence-electron chi connectivity index (χ3n) is 3.51. The SMILES string of the molecule is Cc1ccc(C)c2c1c(C(C)O)cn2CCCN. The second-order valence-corrected chi connectivity index (χ2v) is 5.02. The molecule has 3 heteroatoms. The lowest BCUT2D eigenvalue weighted by Crippen LogP contribution is -2.05. The molecule has 0 radical (unpaired) electrons. The van der Waals surface area contributed by atoms with Gasteiger partial charge in [-0.05, 0) is 44.9 Å². The molecule has 0 bridgehead atoms. The Morgan fingerprint density at radius 1 is 1.28 bits per heavy atom. The summed E-state index contributed by atoms with van der Waals surface area (Å²) >= 11 is 0. The fraction of sp³-hybridized carbons (Fsp3) is 0.467. The van der Waals surface area contributed by atoms with E-state index in [0.717, 1.165) is 18.5 Å². The number of nitrogens with two attached hydrogens (primary N) is 1. The second-order valence-electron chi connectivity index (χ2n) is 5.02. The van der Waals surface area contributed by atoms with Gasteiger partial charge in [0.25, 0.3) is 0 Å². The average Bonchev–Trinajstić information content (AvgIpc) is 2.72. The Morgan fingerprint density at radius 2 is 1.94 bits per heavy atom. The summed E-state index contributed by atoms with van der Waals surface area (Å²) in [6.07, 6.45) is 2.59. The van der Waals surface area contributed by atoms with E-state index in [9.17, 15) is 5.11 Å². The number of hydrogen-bond donors (Lipinski definition) is 2. The van der Waals surface area contributed by atoms with Crippen LogP contribution in [-0.4, -0.2) is 16.2 Å². The Hall–Kier alpha value is -1.32. The first-order valence-electron chi connectivity index (χ1n) is 6.53. The number of fused-ring (bicyclic) bond motifs is 1. The van der Waals surface area contributed by atoms with Crippen LogP contribution in [0, 0.1) is 13.8 Å². The van der Waals surface area contributed by atoms with Crippen LogP contribution >= 0.6 is 0 Å². The van der Waals surface area contributed by atoms with Crippen LogP contribution in [0.5, 0.6) is 0 Å². The van der Waals surface area contributed by atoms with E-state index >= 15 is 0 Å². The molecule has 1 aromatic carbocycles. The van der Waals surface area contributed by atoms with Crippen molar-refractivity contribution in [3.05, 3.63) is 35.0 Å². The molecule has 2 rings (SSSR count). The van der Waals surface area contributed by atoms with Gasteiger partial charge < -0.3 is 15.4 Å². The van der Waals surface area contributed by atoms with Crippen LogP contribution in [0.4, 0.5) is 0 Å². The van der Waals surface area contributed by atoms with Crippen molar-refractivity contribution in [2.24, 2.45) is 5.73 Å². The molecule has 0 fully saturated rings. The Morgan fingerprint density at radius 3 is 2.56 bits per heavy atom. The number of nitrogens with zero attached hydrogens (tertiary/aromatic N) is 1. The molecule has 3 N–H and O–H groups in total. The first-order chi connectivity index (χ1) is 8.56. The number of aryl methyl sites for hydroxylation is 3. The van der Waals surface area contributed by atoms with Crippen LogP contribution < -0.4 is 5.73 Å². The summed E-state index contributed by atoms with van der Waals surface area (Å²) in [6, 6.07) is 4.26. The van der Waals surface area contributed by atoms with E-state index in [2.05, 4.69) is 36.7 Å². The first kappa shape index (κ1) is 13.1. The van der Waals surface area contributed by atoms with E-state index in [1.807, 2.05) is 6.92 Å². The molecule has 0 saturated heterocycles. The molecule has 0 aliphatic carbocycles. The highest BCUT2D eigenvalue weighted by atomic mass is 16.3. The predicted octanol–water partition coefficient (Wildman–Crippen LogP) is 2.66. The maximum Gasteiger partial charge on any atom is 0.0782 e. The van der Waals surface area contributed by atoms with Crippen LogP contribution in [0.1, 0.15) is 36.1 Å². The standard InChI is InChI=1S/C15H22N2O/c1-10-5-6-11(2)15-14(10)13(12(3)18)9-17(15)8-4-7-16/h5-6,9,12,18H,4,7-8,16H2,1-3H3. The van der Waals surface area contributed by atoms with E-state index in [1.165, 1.54) is 22.0 Å². The Balaban J connectivity index is 2.68. The quantitative estimate of drug-likeness (QED) is 0.871. The van der Waals surface area contributed by atoms with Crippen molar-refractivity contribution in [3.63, 3.8) is 0 Å². The summed E-state index contributed by atoms with van der Waals surface area (Å²) in [6.45, 7) is 7.63. The van der Waals surface area contributed by atoms with Gasteiger partial charge in [-0.25, -0.2) is 0 Å². The van der Waals surface area contributed by atoms with Gasteiger partial charge in [-0.2, -0.15) is 0 Å². The first-order valence-corrected chi connectivity index (χ1v) is 6.53. The van der Waals surface area contributed by atoms with Crippen molar-refractivity contribution in [2.45, 2.75) is 39.8 Å². The predicted molar refractivity (Wildman–Crippen MR) is 75.7 cm³/mol. The largest absolute Gasteiger partial charge is 0.389 e. The smallest absolute Gasteiger partial charge is 0.0782 e. The Bertz CT molecular complexity index is 555. The molecule has 0 spiro atoms. The van der Waals surface area contributed by atoms with E-state index < -0.39 is 6.10 Å². The number of rotatable bonds is 4. The van der Waals surface area contributed by atoms with Gasteiger partial charge in [0.1, 0.15) is 0 Å². The Kier molecular flexibility index (Phi) is 3.73. The van der Waals surface area contributed by atoms with Crippen LogP contribution in [-0.2, 0) is 6.54 Å². The van der Waals surface area contributed by atoms with Gasteiger partial charge in [0, 0.05) is 23.7 Å². The summed E-state index contributed by atoms with van der Waals surface area (Å²) < 4.78 is 2.23. The van der Waals surface area contributed by atoms with Crippen molar-refractivity contribution in [1.29, 1.82) is 0 Å². The monoisotopic (exact) mass is 246 g/mol. The minimum absolute atomic E-state index is 0.438. The molecule has 1 unspecified atom stereocenters. The second kappa shape index (κ2) is 5.12. The minimum atomic E-state index is -0.438. The number of aliphatic hydroxyl groups is 1. The summed E-state index contributed by atoms with van der Waals surface area (Å²) in [5.74, 6) is 0. The molecule has 98 valence electrons. The zero-order chi connectivity index (χ0) is 13.3. The highest BCUT2D eigenvalue weighted by Crippen LogP contribution is 2.31. The van der Waals surface area contributed by atoms with E-state index in [1.54, 1.807) is 0 Å². The number of aromatic nitrogens is 1. The molecule has 1 heterocycles. The maximum atomic E-state index is 9.94. The van der Waals surface area contributed by atoms with Crippen LogP contribution in [0.2, 0.25) is 0 Å². The van der Waals surface area contributed by atoms with Crippen molar-refractivity contribution in [3.8, 4) is 0 Å². The summed E-state index contributed by atoms with van der Waals surface area (Å²) in [5, 5.41) is 11.1. The van der Waals surface area contributed by atoms with Crippen LogP contribution in [0.15, 0.2) is 18.3 Å². The lowest BCUT2D eigenvalue weighted by atomic mass is 10.0. The van der Waals surface area contributed by atoms with Crippen LogP contribution in [0.25, 0.3) is 10.9 Å². The maximum absolute atomic E-state index is 9.94. The highest BCUT2D eigenvalue weighted by Gasteiger charge is 2.15. The third kappa shape index (κ3) is 2.16. The molecule has 0 saturated carbocycles. The van der Waals surface area contributed by atoms with Gasteiger partial charge in [-0.15, -0.1) is 0 Å². The molecule has 0 aliphatic rings. The topological polar surface area (TPSA) is 51.2 Å². The molecule has 0 amide bonds. The van der Waals surface area contributed by atoms with Gasteiger partial charge in [0.05, 0.1) is 11.6 Å². The van der Waals surface area contributed by atoms with Gasteiger partial charge in [-0.3, -0.25) is 0 Å². The zero-order valence-corrected chi connectivity index (χ0v) is 11.4. The van der Waals surface area contributed by atoms with E-state index in [-0.39, 0.29) is 0 Å². The van der Waals surface area contributed by atoms with Crippen molar-refractivity contribution >= 4 is 10.9 Å². The number of benzene rings is 1. The third-order valence-corrected chi connectivity index (χ3v) is 3.51. The molecular formula is C15H22N2O. The Labute approximate surface area is 108 Å². The van der Waals surface area contributed by atoms with E-state index in [4.69, 9.17) is 5.73 Å². The zero-order valence-electron chi connectivity index (χ0n) is 11.4. The highest BCUT2D eigenvalue weighted by molar-refractivity contribution is 5.90. The minimum Gasteiger partial charge on any atom is -0.389 e. The lowest BCUT2D eigenvalue weighted by Gasteiger charge is -2.08. The van der Waals surface area contributed by atoms with Crippen molar-refractivity contribution in [1.82, 2.24) is 4.57 Å². The molecule has 2 aromatic rings. The molecular weight excluding hydrogens is 224 g/mol. The van der Waals surface area contributed by atoms with Gasteiger partial charge in [-0.1, -0.05) is 12.1 Å². The van der Waals surface area contributed by atoms with Crippen LogP contribution in [0.3, 0.4) is 0 Å². The number of aliphatic hydroxyl groups excluding tert-OH is 1. The summed E-state index contributed by atoms with van der Waals surface area (Å²) in [7, 11) is 0.